The smallest absolute Gasteiger partial charge is 0.187 e. The van der Waals surface area contributed by atoms with E-state index in [0.29, 0.717) is 0 Å². The number of hydrogen-bond donors (Lipinski definition) is 1. The topological polar surface area (TPSA) is 52.5 Å². The van der Waals surface area contributed by atoms with Crippen LogP contribution in [0.15, 0.2) is 18.3 Å². The molecule has 2 unspecified atom stereocenters. The molecule has 1 N–H and O–H groups in total. The molecule has 1 saturated heterocycles. The Morgan fingerprint density at radius 1 is 1.11 bits per heavy atom. The molecule has 2 atom stereocenters. The lowest BCUT2D eigenvalue weighted by molar-refractivity contribution is 0.0585. The number of thiazole rings is 1. The Labute approximate surface area is 171 Å². The third-order valence-corrected chi connectivity index (χ3v) is 8.10. The summed E-state index contributed by atoms with van der Waals surface area (Å²) in [6.45, 7) is 1.66. The van der Waals surface area contributed by atoms with Crippen molar-refractivity contribution in [2.75, 3.05) is 25.0 Å². The standard InChI is InChI=1S/C22H30N4OS/c1-25-11-12-26(22(25)27)20-10-7-17(14-23-20)21-24-18-8-5-16(6-9-19(18)28-21)13-15-3-2-4-15/h7,10,14-16,22,27H,2-6,8-9,11-13H2,1H3. The van der Waals surface area contributed by atoms with E-state index in [1.807, 2.05) is 40.4 Å². The Kier molecular flexibility index (Phi) is 5.11. The first-order valence-electron chi connectivity index (χ1n) is 10.8. The largest absolute Gasteiger partial charge is 0.361 e. The Morgan fingerprint density at radius 2 is 1.93 bits per heavy atom. The van der Waals surface area contributed by atoms with Crippen molar-refractivity contribution in [1.82, 2.24) is 14.9 Å². The Balaban J connectivity index is 1.26. The van der Waals surface area contributed by atoms with Gasteiger partial charge in [0.1, 0.15) is 10.8 Å². The van der Waals surface area contributed by atoms with Gasteiger partial charge in [-0.3, -0.25) is 4.90 Å². The predicted octanol–water partition coefficient (Wildman–Crippen LogP) is 3.92. The second-order valence-electron chi connectivity index (χ2n) is 8.79. The SMILES string of the molecule is CN1CCN(c2ccc(-c3nc4c(s3)CCC(CC3CCC3)CC4)cn2)C1O. The zero-order chi connectivity index (χ0) is 19.1. The lowest BCUT2D eigenvalue weighted by Gasteiger charge is -2.29. The first kappa shape index (κ1) is 18.5. The molecule has 28 heavy (non-hydrogen) atoms. The van der Waals surface area contributed by atoms with E-state index in [2.05, 4.69) is 11.1 Å². The highest BCUT2D eigenvalue weighted by Gasteiger charge is 2.28. The van der Waals surface area contributed by atoms with Gasteiger partial charge in [-0.15, -0.1) is 11.3 Å². The van der Waals surface area contributed by atoms with Gasteiger partial charge in [-0.25, -0.2) is 9.97 Å². The fourth-order valence-electron chi connectivity index (χ4n) is 4.80. The molecule has 6 heteroatoms. The summed E-state index contributed by atoms with van der Waals surface area (Å²) < 4.78 is 0. The number of anilines is 1. The maximum Gasteiger partial charge on any atom is 0.187 e. The van der Waals surface area contributed by atoms with Crippen molar-refractivity contribution in [3.8, 4) is 10.6 Å². The summed E-state index contributed by atoms with van der Waals surface area (Å²) in [5.41, 5.74) is 2.42. The van der Waals surface area contributed by atoms with E-state index in [9.17, 15) is 5.11 Å². The van der Waals surface area contributed by atoms with Crippen molar-refractivity contribution in [2.24, 2.45) is 11.8 Å². The first-order chi connectivity index (χ1) is 13.7. The van der Waals surface area contributed by atoms with Crippen molar-refractivity contribution in [3.05, 3.63) is 28.9 Å². The highest BCUT2D eigenvalue weighted by atomic mass is 32.1. The van der Waals surface area contributed by atoms with Gasteiger partial charge in [-0.2, -0.15) is 0 Å². The highest BCUT2D eigenvalue weighted by Crippen LogP contribution is 2.39. The fraction of sp³-hybridized carbons (Fsp3) is 0.636. The number of aryl methyl sites for hydroxylation is 2. The van der Waals surface area contributed by atoms with Gasteiger partial charge in [0, 0.05) is 29.7 Å². The summed E-state index contributed by atoms with van der Waals surface area (Å²) in [5.74, 6) is 2.75. The van der Waals surface area contributed by atoms with Gasteiger partial charge < -0.3 is 10.0 Å². The van der Waals surface area contributed by atoms with E-state index in [4.69, 9.17) is 4.98 Å². The summed E-state index contributed by atoms with van der Waals surface area (Å²) in [5, 5.41) is 11.3. The molecule has 2 aliphatic carbocycles. The van der Waals surface area contributed by atoms with Crippen LogP contribution in [0.1, 0.15) is 49.1 Å². The summed E-state index contributed by atoms with van der Waals surface area (Å²) >= 11 is 1.86. The molecule has 3 heterocycles. The summed E-state index contributed by atoms with van der Waals surface area (Å²) in [7, 11) is 1.93. The summed E-state index contributed by atoms with van der Waals surface area (Å²) in [6.07, 6.45) is 12.2. The highest BCUT2D eigenvalue weighted by molar-refractivity contribution is 7.15. The molecule has 5 nitrogen and oxygen atoms in total. The van der Waals surface area contributed by atoms with Crippen LogP contribution in [-0.4, -0.2) is 46.5 Å². The second kappa shape index (κ2) is 7.73. The minimum Gasteiger partial charge on any atom is -0.361 e. The molecule has 2 aromatic heterocycles. The van der Waals surface area contributed by atoms with Crippen LogP contribution in [0, 0.1) is 11.8 Å². The zero-order valence-corrected chi connectivity index (χ0v) is 17.5. The number of aliphatic hydroxyl groups excluding tert-OH is 1. The van der Waals surface area contributed by atoms with Gasteiger partial charge in [-0.1, -0.05) is 19.3 Å². The first-order valence-corrected chi connectivity index (χ1v) is 11.6. The van der Waals surface area contributed by atoms with Crippen LogP contribution < -0.4 is 4.90 Å². The number of rotatable bonds is 4. The van der Waals surface area contributed by atoms with E-state index in [1.54, 1.807) is 0 Å². The van der Waals surface area contributed by atoms with Crippen molar-refractivity contribution >= 4 is 17.2 Å². The minimum atomic E-state index is -0.581. The molecule has 0 radical (unpaired) electrons. The summed E-state index contributed by atoms with van der Waals surface area (Å²) in [4.78, 5) is 15.0. The molecule has 0 amide bonds. The van der Waals surface area contributed by atoms with E-state index in [1.165, 1.54) is 55.5 Å². The van der Waals surface area contributed by atoms with Gasteiger partial charge in [0.15, 0.2) is 6.35 Å². The molecule has 5 rings (SSSR count). The lowest BCUT2D eigenvalue weighted by Crippen LogP contribution is -2.36. The molecule has 2 fully saturated rings. The second-order valence-corrected chi connectivity index (χ2v) is 9.87. The molecular weight excluding hydrogens is 368 g/mol. The Bertz CT molecular complexity index is 791. The van der Waals surface area contributed by atoms with Crippen LogP contribution in [-0.2, 0) is 12.8 Å². The molecule has 0 bridgehead atoms. The molecule has 1 aliphatic heterocycles. The van der Waals surface area contributed by atoms with Crippen LogP contribution in [0.25, 0.3) is 10.6 Å². The minimum absolute atomic E-state index is 0.581. The molecule has 1 saturated carbocycles. The average molecular weight is 399 g/mol. The van der Waals surface area contributed by atoms with Gasteiger partial charge in [0.25, 0.3) is 0 Å². The summed E-state index contributed by atoms with van der Waals surface area (Å²) in [6, 6.07) is 4.11. The molecule has 3 aliphatic rings. The third kappa shape index (κ3) is 3.58. The van der Waals surface area contributed by atoms with E-state index < -0.39 is 6.35 Å². The number of pyridine rings is 1. The predicted molar refractivity (Wildman–Crippen MR) is 113 cm³/mol. The van der Waals surface area contributed by atoms with Crippen molar-refractivity contribution in [3.63, 3.8) is 0 Å². The van der Waals surface area contributed by atoms with Gasteiger partial charge >= 0.3 is 0 Å². The van der Waals surface area contributed by atoms with Crippen molar-refractivity contribution in [1.29, 1.82) is 0 Å². The number of hydrogen-bond acceptors (Lipinski definition) is 6. The molecule has 2 aromatic rings. The number of likely N-dealkylation sites (N-methyl/N-ethyl adjacent to an activating group) is 1. The fourth-order valence-corrected chi connectivity index (χ4v) is 5.92. The normalized spacial score (nSPS) is 26.1. The van der Waals surface area contributed by atoms with Crippen LogP contribution in [0.5, 0.6) is 0 Å². The van der Waals surface area contributed by atoms with E-state index in [0.717, 1.165) is 47.7 Å². The number of nitrogens with zero attached hydrogens (tertiary/aromatic N) is 4. The van der Waals surface area contributed by atoms with Crippen LogP contribution in [0.2, 0.25) is 0 Å². The van der Waals surface area contributed by atoms with E-state index in [-0.39, 0.29) is 0 Å². The number of aromatic nitrogens is 2. The quantitative estimate of drug-likeness (QED) is 0.791. The van der Waals surface area contributed by atoms with Crippen molar-refractivity contribution < 1.29 is 5.11 Å². The maximum absolute atomic E-state index is 10.2. The molecule has 150 valence electrons. The van der Waals surface area contributed by atoms with Gasteiger partial charge in [0.05, 0.1) is 5.69 Å². The molecule has 0 aromatic carbocycles. The Hall–Kier alpha value is -1.50. The molecule has 0 spiro atoms. The van der Waals surface area contributed by atoms with Crippen LogP contribution >= 0.6 is 11.3 Å². The zero-order valence-electron chi connectivity index (χ0n) is 16.7. The number of aliphatic hydroxyl groups is 1. The average Bonchev–Trinajstić information content (AvgIpc) is 3.18. The number of fused-ring (bicyclic) bond motifs is 1. The van der Waals surface area contributed by atoms with Gasteiger partial charge in [-0.05, 0) is 63.1 Å². The third-order valence-electron chi connectivity index (χ3n) is 6.89. The van der Waals surface area contributed by atoms with E-state index >= 15 is 0 Å². The van der Waals surface area contributed by atoms with Gasteiger partial charge in [0.2, 0.25) is 0 Å². The maximum atomic E-state index is 10.2. The molecular formula is C22H30N4OS. The van der Waals surface area contributed by atoms with Crippen LogP contribution in [0.3, 0.4) is 0 Å². The Morgan fingerprint density at radius 3 is 2.61 bits per heavy atom. The van der Waals surface area contributed by atoms with Crippen LogP contribution in [0.4, 0.5) is 5.82 Å². The van der Waals surface area contributed by atoms with Crippen molar-refractivity contribution in [2.45, 2.75) is 57.7 Å². The monoisotopic (exact) mass is 398 g/mol. The lowest BCUT2D eigenvalue weighted by atomic mass is 9.77.